The molecule has 0 aromatic carbocycles. The standard InChI is InChI=1S/C15H28N2O3/c1-5-20-15(19)9-10-16(4)11-14(18)17-12(2)7-6-8-13(17)3/h12-13H,5-11H2,1-4H3. The third kappa shape index (κ3) is 5.12. The van der Waals surface area contributed by atoms with Gasteiger partial charge in [0.25, 0.3) is 0 Å². The van der Waals surface area contributed by atoms with Gasteiger partial charge in [-0.2, -0.15) is 0 Å². The van der Waals surface area contributed by atoms with Crippen LogP contribution < -0.4 is 0 Å². The van der Waals surface area contributed by atoms with Crippen molar-refractivity contribution in [3.8, 4) is 0 Å². The van der Waals surface area contributed by atoms with Crippen molar-refractivity contribution in [2.24, 2.45) is 0 Å². The number of amides is 1. The molecule has 0 radical (unpaired) electrons. The van der Waals surface area contributed by atoms with Crippen molar-refractivity contribution in [3.05, 3.63) is 0 Å². The summed E-state index contributed by atoms with van der Waals surface area (Å²) in [7, 11) is 1.87. The van der Waals surface area contributed by atoms with Gasteiger partial charge in [-0.15, -0.1) is 0 Å². The summed E-state index contributed by atoms with van der Waals surface area (Å²) in [6.45, 7) is 7.36. The molecule has 5 heteroatoms. The van der Waals surface area contributed by atoms with Gasteiger partial charge in [-0.25, -0.2) is 0 Å². The average Bonchev–Trinajstić information content (AvgIpc) is 2.36. The van der Waals surface area contributed by atoms with E-state index >= 15 is 0 Å². The highest BCUT2D eigenvalue weighted by atomic mass is 16.5. The molecule has 1 fully saturated rings. The van der Waals surface area contributed by atoms with Crippen LogP contribution in [0.15, 0.2) is 0 Å². The monoisotopic (exact) mass is 284 g/mol. The number of esters is 1. The smallest absolute Gasteiger partial charge is 0.307 e. The van der Waals surface area contributed by atoms with E-state index in [1.165, 1.54) is 6.42 Å². The zero-order chi connectivity index (χ0) is 15.1. The lowest BCUT2D eigenvalue weighted by Gasteiger charge is -2.39. The summed E-state index contributed by atoms with van der Waals surface area (Å²) in [5.41, 5.74) is 0. The maximum absolute atomic E-state index is 12.4. The van der Waals surface area contributed by atoms with Gasteiger partial charge < -0.3 is 9.64 Å². The Kier molecular flexibility index (Phi) is 6.99. The van der Waals surface area contributed by atoms with Crippen molar-refractivity contribution < 1.29 is 14.3 Å². The van der Waals surface area contributed by atoms with E-state index in [4.69, 9.17) is 4.74 Å². The molecule has 1 amide bonds. The summed E-state index contributed by atoms with van der Waals surface area (Å²) in [4.78, 5) is 27.6. The first-order valence-electron chi connectivity index (χ1n) is 7.61. The first-order chi connectivity index (χ1) is 9.45. The Balaban J connectivity index is 2.38. The first-order valence-corrected chi connectivity index (χ1v) is 7.61. The molecular weight excluding hydrogens is 256 g/mol. The summed E-state index contributed by atoms with van der Waals surface area (Å²) in [6.07, 6.45) is 3.71. The van der Waals surface area contributed by atoms with Gasteiger partial charge in [0.05, 0.1) is 19.6 Å². The van der Waals surface area contributed by atoms with E-state index in [0.717, 1.165) is 12.8 Å². The number of carbonyl (C=O) groups is 2. The zero-order valence-corrected chi connectivity index (χ0v) is 13.2. The fourth-order valence-electron chi connectivity index (χ4n) is 2.82. The lowest BCUT2D eigenvalue weighted by molar-refractivity contribution is -0.144. The van der Waals surface area contributed by atoms with Gasteiger partial charge in [0.1, 0.15) is 0 Å². The molecule has 20 heavy (non-hydrogen) atoms. The number of piperidine rings is 1. The number of likely N-dealkylation sites (tertiary alicyclic amines) is 1. The van der Waals surface area contributed by atoms with Crippen molar-refractivity contribution in [2.45, 2.75) is 58.5 Å². The van der Waals surface area contributed by atoms with E-state index in [1.807, 2.05) is 16.8 Å². The SMILES string of the molecule is CCOC(=O)CCN(C)CC(=O)N1C(C)CCCC1C. The minimum atomic E-state index is -0.202. The summed E-state index contributed by atoms with van der Waals surface area (Å²) < 4.78 is 4.89. The number of ether oxygens (including phenoxy) is 1. The van der Waals surface area contributed by atoms with E-state index in [0.29, 0.717) is 38.2 Å². The van der Waals surface area contributed by atoms with Crippen molar-refractivity contribution in [1.29, 1.82) is 0 Å². The first kappa shape index (κ1) is 17.0. The van der Waals surface area contributed by atoms with Gasteiger partial charge in [-0.05, 0) is 47.1 Å². The van der Waals surface area contributed by atoms with E-state index in [2.05, 4.69) is 13.8 Å². The molecule has 0 aliphatic carbocycles. The Morgan fingerprint density at radius 2 is 1.85 bits per heavy atom. The van der Waals surface area contributed by atoms with Crippen LogP contribution in [0, 0.1) is 0 Å². The molecule has 0 bridgehead atoms. The van der Waals surface area contributed by atoms with Crippen LogP contribution in [0.5, 0.6) is 0 Å². The molecule has 116 valence electrons. The Morgan fingerprint density at radius 1 is 1.25 bits per heavy atom. The summed E-state index contributed by atoms with van der Waals surface area (Å²) in [6, 6.07) is 0.648. The minimum absolute atomic E-state index is 0.163. The van der Waals surface area contributed by atoms with Gasteiger partial charge in [0.15, 0.2) is 0 Å². The largest absolute Gasteiger partial charge is 0.466 e. The topological polar surface area (TPSA) is 49.9 Å². The van der Waals surface area contributed by atoms with Gasteiger partial charge in [-0.3, -0.25) is 14.5 Å². The van der Waals surface area contributed by atoms with Crippen molar-refractivity contribution in [2.75, 3.05) is 26.7 Å². The van der Waals surface area contributed by atoms with Crippen molar-refractivity contribution >= 4 is 11.9 Å². The third-order valence-electron chi connectivity index (χ3n) is 3.89. The van der Waals surface area contributed by atoms with Crippen LogP contribution in [0.25, 0.3) is 0 Å². The van der Waals surface area contributed by atoms with Crippen LogP contribution in [-0.4, -0.2) is 60.5 Å². The molecule has 0 spiro atoms. The molecule has 1 rings (SSSR count). The highest BCUT2D eigenvalue weighted by Gasteiger charge is 2.29. The van der Waals surface area contributed by atoms with E-state index in [-0.39, 0.29) is 11.9 Å². The Morgan fingerprint density at radius 3 is 2.40 bits per heavy atom. The highest BCUT2D eigenvalue weighted by molar-refractivity contribution is 5.79. The second-order valence-corrected chi connectivity index (χ2v) is 5.72. The summed E-state index contributed by atoms with van der Waals surface area (Å²) in [5, 5.41) is 0. The number of likely N-dealkylation sites (N-methyl/N-ethyl adjacent to an activating group) is 1. The molecule has 1 aliphatic rings. The average molecular weight is 284 g/mol. The Bertz CT molecular complexity index is 323. The molecule has 0 aromatic heterocycles. The second kappa shape index (κ2) is 8.25. The predicted octanol–water partition coefficient (Wildman–Crippen LogP) is 1.66. The Hall–Kier alpha value is -1.10. The molecule has 1 saturated heterocycles. The van der Waals surface area contributed by atoms with E-state index < -0.39 is 0 Å². The number of hydrogen-bond donors (Lipinski definition) is 0. The maximum Gasteiger partial charge on any atom is 0.307 e. The normalized spacial score (nSPS) is 22.9. The van der Waals surface area contributed by atoms with E-state index in [9.17, 15) is 9.59 Å². The van der Waals surface area contributed by atoms with Gasteiger partial charge in [-0.1, -0.05) is 0 Å². The minimum Gasteiger partial charge on any atom is -0.466 e. The second-order valence-electron chi connectivity index (χ2n) is 5.72. The maximum atomic E-state index is 12.4. The van der Waals surface area contributed by atoms with Gasteiger partial charge in [0.2, 0.25) is 5.91 Å². The lowest BCUT2D eigenvalue weighted by atomic mass is 9.97. The van der Waals surface area contributed by atoms with Crippen LogP contribution in [0.2, 0.25) is 0 Å². The van der Waals surface area contributed by atoms with Crippen molar-refractivity contribution in [3.63, 3.8) is 0 Å². The van der Waals surface area contributed by atoms with Crippen molar-refractivity contribution in [1.82, 2.24) is 9.80 Å². The molecule has 0 saturated carbocycles. The predicted molar refractivity (Wildman–Crippen MR) is 78.4 cm³/mol. The fourth-order valence-corrected chi connectivity index (χ4v) is 2.82. The van der Waals surface area contributed by atoms with Gasteiger partial charge in [0, 0.05) is 18.6 Å². The van der Waals surface area contributed by atoms with E-state index in [1.54, 1.807) is 6.92 Å². The Labute approximate surface area is 122 Å². The van der Waals surface area contributed by atoms with Crippen LogP contribution in [0.1, 0.15) is 46.5 Å². The molecule has 1 aliphatic heterocycles. The fraction of sp³-hybridized carbons (Fsp3) is 0.867. The number of nitrogens with zero attached hydrogens (tertiary/aromatic N) is 2. The summed E-state index contributed by atoms with van der Waals surface area (Å²) >= 11 is 0. The molecule has 0 N–H and O–H groups in total. The molecule has 2 unspecified atom stereocenters. The molecule has 5 nitrogen and oxygen atoms in total. The lowest BCUT2D eigenvalue weighted by Crippen LogP contribution is -2.50. The molecular formula is C15H28N2O3. The van der Waals surface area contributed by atoms with Crippen LogP contribution >= 0.6 is 0 Å². The molecule has 1 heterocycles. The zero-order valence-electron chi connectivity index (χ0n) is 13.2. The highest BCUT2D eigenvalue weighted by Crippen LogP contribution is 2.22. The van der Waals surface area contributed by atoms with Gasteiger partial charge >= 0.3 is 5.97 Å². The number of hydrogen-bond acceptors (Lipinski definition) is 4. The van der Waals surface area contributed by atoms with Crippen LogP contribution in [0.3, 0.4) is 0 Å². The quantitative estimate of drug-likeness (QED) is 0.696. The summed E-state index contributed by atoms with van der Waals surface area (Å²) in [5.74, 6) is -0.0393. The molecule has 2 atom stereocenters. The number of carbonyl (C=O) groups excluding carboxylic acids is 2. The van der Waals surface area contributed by atoms with Crippen LogP contribution in [0.4, 0.5) is 0 Å². The number of rotatable bonds is 6. The third-order valence-corrected chi connectivity index (χ3v) is 3.89. The van der Waals surface area contributed by atoms with Crippen LogP contribution in [-0.2, 0) is 14.3 Å². The molecule has 0 aromatic rings.